The van der Waals surface area contributed by atoms with Gasteiger partial charge in [0, 0.05) is 12.1 Å². The molecule has 0 fully saturated rings. The number of rotatable bonds is 3. The van der Waals surface area contributed by atoms with Gasteiger partial charge < -0.3 is 14.8 Å². The summed E-state index contributed by atoms with van der Waals surface area (Å²) in [5, 5.41) is 3.29. The fraction of sp³-hybridized carbons (Fsp3) is 0.176. The first-order chi connectivity index (χ1) is 9.92. The van der Waals surface area contributed by atoms with Gasteiger partial charge in [-0.1, -0.05) is 36.1 Å². The summed E-state index contributed by atoms with van der Waals surface area (Å²) < 4.78 is 10.6. The Morgan fingerprint density at radius 1 is 1.00 bits per heavy atom. The number of benzene rings is 2. The first kappa shape index (κ1) is 12.6. The van der Waals surface area contributed by atoms with Gasteiger partial charge in [0.25, 0.3) is 0 Å². The standard InChI is InChI=1S/C17H15NO2/c1-2-5-14(6-3-1)7-4-10-18-12-15-8-9-16-17(11-15)20-13-19-16/h1-3,5-6,8-9,11,18H,10,12-13H2. The molecule has 3 heteroatoms. The third kappa shape index (κ3) is 3.11. The highest BCUT2D eigenvalue weighted by Gasteiger charge is 2.12. The van der Waals surface area contributed by atoms with E-state index in [0.29, 0.717) is 13.3 Å². The molecule has 0 aliphatic carbocycles. The Balaban J connectivity index is 1.50. The summed E-state index contributed by atoms with van der Waals surface area (Å²) in [7, 11) is 0. The van der Waals surface area contributed by atoms with Crippen LogP contribution in [0, 0.1) is 11.8 Å². The molecule has 0 saturated heterocycles. The number of hydrogen-bond acceptors (Lipinski definition) is 3. The van der Waals surface area contributed by atoms with E-state index in [9.17, 15) is 0 Å². The van der Waals surface area contributed by atoms with Crippen molar-refractivity contribution in [2.24, 2.45) is 0 Å². The van der Waals surface area contributed by atoms with E-state index in [1.54, 1.807) is 0 Å². The van der Waals surface area contributed by atoms with Crippen LogP contribution in [0.25, 0.3) is 0 Å². The molecule has 1 heterocycles. The van der Waals surface area contributed by atoms with Crippen molar-refractivity contribution in [2.45, 2.75) is 6.54 Å². The normalized spacial score (nSPS) is 11.8. The lowest BCUT2D eigenvalue weighted by molar-refractivity contribution is 0.174. The zero-order chi connectivity index (χ0) is 13.6. The average Bonchev–Trinajstić information content (AvgIpc) is 2.95. The highest BCUT2D eigenvalue weighted by molar-refractivity contribution is 5.44. The largest absolute Gasteiger partial charge is 0.454 e. The Bertz CT molecular complexity index is 641. The topological polar surface area (TPSA) is 30.5 Å². The maximum absolute atomic E-state index is 5.35. The molecule has 2 aromatic rings. The minimum absolute atomic E-state index is 0.314. The molecule has 0 aromatic heterocycles. The Labute approximate surface area is 118 Å². The van der Waals surface area contributed by atoms with Crippen molar-refractivity contribution in [3.8, 4) is 23.3 Å². The lowest BCUT2D eigenvalue weighted by Gasteiger charge is -2.02. The Hall–Kier alpha value is -2.44. The van der Waals surface area contributed by atoms with Crippen molar-refractivity contribution in [3.05, 3.63) is 59.7 Å². The van der Waals surface area contributed by atoms with Crippen LogP contribution in [0.15, 0.2) is 48.5 Å². The van der Waals surface area contributed by atoms with Gasteiger partial charge >= 0.3 is 0 Å². The molecular formula is C17H15NO2. The van der Waals surface area contributed by atoms with E-state index in [1.807, 2.05) is 48.5 Å². The van der Waals surface area contributed by atoms with Gasteiger partial charge in [-0.15, -0.1) is 0 Å². The molecule has 3 nitrogen and oxygen atoms in total. The molecule has 0 bridgehead atoms. The zero-order valence-electron chi connectivity index (χ0n) is 11.1. The van der Waals surface area contributed by atoms with Gasteiger partial charge in [0.1, 0.15) is 0 Å². The number of ether oxygens (including phenoxy) is 2. The van der Waals surface area contributed by atoms with Crippen LogP contribution >= 0.6 is 0 Å². The quantitative estimate of drug-likeness (QED) is 0.683. The molecule has 2 aromatic carbocycles. The second-order valence-corrected chi connectivity index (χ2v) is 4.46. The van der Waals surface area contributed by atoms with Crippen LogP contribution in [-0.4, -0.2) is 13.3 Å². The molecule has 0 radical (unpaired) electrons. The molecule has 0 atom stereocenters. The second kappa shape index (κ2) is 6.14. The van der Waals surface area contributed by atoms with Gasteiger partial charge in [0.15, 0.2) is 11.5 Å². The summed E-state index contributed by atoms with van der Waals surface area (Å²) in [6.07, 6.45) is 0. The van der Waals surface area contributed by atoms with Gasteiger partial charge in [-0.2, -0.15) is 0 Å². The Kier molecular flexibility index (Phi) is 3.86. The summed E-state index contributed by atoms with van der Waals surface area (Å²) in [4.78, 5) is 0. The predicted molar refractivity (Wildman–Crippen MR) is 77.6 cm³/mol. The molecule has 0 amide bonds. The van der Waals surface area contributed by atoms with E-state index in [-0.39, 0.29) is 0 Å². The fourth-order valence-corrected chi connectivity index (χ4v) is 1.99. The monoisotopic (exact) mass is 265 g/mol. The van der Waals surface area contributed by atoms with E-state index in [0.717, 1.165) is 29.2 Å². The molecule has 0 saturated carbocycles. The molecule has 20 heavy (non-hydrogen) atoms. The van der Waals surface area contributed by atoms with E-state index < -0.39 is 0 Å². The molecular weight excluding hydrogens is 250 g/mol. The molecule has 1 N–H and O–H groups in total. The lowest BCUT2D eigenvalue weighted by Crippen LogP contribution is -2.13. The van der Waals surface area contributed by atoms with Gasteiger partial charge in [0.2, 0.25) is 6.79 Å². The summed E-state index contributed by atoms with van der Waals surface area (Å²) in [6.45, 7) is 1.73. The Morgan fingerprint density at radius 3 is 2.75 bits per heavy atom. The van der Waals surface area contributed by atoms with Crippen LogP contribution < -0.4 is 14.8 Å². The van der Waals surface area contributed by atoms with Crippen molar-refractivity contribution < 1.29 is 9.47 Å². The third-order valence-corrected chi connectivity index (χ3v) is 2.99. The highest BCUT2D eigenvalue weighted by Crippen LogP contribution is 2.32. The minimum atomic E-state index is 0.314. The van der Waals surface area contributed by atoms with Gasteiger partial charge in [-0.05, 0) is 29.8 Å². The van der Waals surface area contributed by atoms with Gasteiger partial charge in [-0.25, -0.2) is 0 Å². The highest BCUT2D eigenvalue weighted by atomic mass is 16.7. The van der Waals surface area contributed by atoms with Crippen molar-refractivity contribution in [1.29, 1.82) is 0 Å². The first-order valence-electron chi connectivity index (χ1n) is 6.55. The van der Waals surface area contributed by atoms with Crippen LogP contribution in [0.3, 0.4) is 0 Å². The van der Waals surface area contributed by atoms with E-state index in [2.05, 4.69) is 17.2 Å². The van der Waals surface area contributed by atoms with Crippen molar-refractivity contribution >= 4 is 0 Å². The fourth-order valence-electron chi connectivity index (χ4n) is 1.99. The molecule has 0 unspecified atom stereocenters. The second-order valence-electron chi connectivity index (χ2n) is 4.46. The minimum Gasteiger partial charge on any atom is -0.454 e. The Morgan fingerprint density at radius 2 is 1.85 bits per heavy atom. The van der Waals surface area contributed by atoms with Crippen LogP contribution in [0.2, 0.25) is 0 Å². The van der Waals surface area contributed by atoms with E-state index >= 15 is 0 Å². The van der Waals surface area contributed by atoms with Crippen molar-refractivity contribution in [1.82, 2.24) is 5.32 Å². The number of hydrogen-bond donors (Lipinski definition) is 1. The summed E-state index contributed by atoms with van der Waals surface area (Å²) in [5.41, 5.74) is 2.20. The smallest absolute Gasteiger partial charge is 0.231 e. The maximum atomic E-state index is 5.35. The van der Waals surface area contributed by atoms with Crippen LogP contribution in [0.4, 0.5) is 0 Å². The number of nitrogens with one attached hydrogen (secondary N) is 1. The molecule has 1 aliphatic rings. The van der Waals surface area contributed by atoms with Gasteiger partial charge in [-0.3, -0.25) is 0 Å². The molecule has 100 valence electrons. The summed E-state index contributed by atoms with van der Waals surface area (Å²) in [6, 6.07) is 16.0. The zero-order valence-corrected chi connectivity index (χ0v) is 11.1. The lowest BCUT2D eigenvalue weighted by atomic mass is 10.2. The van der Waals surface area contributed by atoms with E-state index in [4.69, 9.17) is 9.47 Å². The van der Waals surface area contributed by atoms with Crippen LogP contribution in [0.1, 0.15) is 11.1 Å². The third-order valence-electron chi connectivity index (χ3n) is 2.99. The first-order valence-corrected chi connectivity index (χ1v) is 6.55. The van der Waals surface area contributed by atoms with Crippen LogP contribution in [-0.2, 0) is 6.54 Å². The molecule has 0 spiro atoms. The summed E-state index contributed by atoms with van der Waals surface area (Å²) in [5.74, 6) is 7.86. The van der Waals surface area contributed by atoms with Gasteiger partial charge in [0.05, 0.1) is 6.54 Å². The van der Waals surface area contributed by atoms with Crippen LogP contribution in [0.5, 0.6) is 11.5 Å². The van der Waals surface area contributed by atoms with Crippen molar-refractivity contribution in [3.63, 3.8) is 0 Å². The molecule has 1 aliphatic heterocycles. The summed E-state index contributed by atoms with van der Waals surface area (Å²) >= 11 is 0. The predicted octanol–water partition coefficient (Wildman–Crippen LogP) is 2.56. The maximum Gasteiger partial charge on any atom is 0.231 e. The number of fused-ring (bicyclic) bond motifs is 1. The average molecular weight is 265 g/mol. The van der Waals surface area contributed by atoms with E-state index in [1.165, 1.54) is 0 Å². The van der Waals surface area contributed by atoms with Crippen molar-refractivity contribution in [2.75, 3.05) is 13.3 Å². The molecule has 3 rings (SSSR count). The SMILES string of the molecule is C(#Cc1ccccc1)CNCc1ccc2c(c1)OCO2.